The van der Waals surface area contributed by atoms with Gasteiger partial charge in [0.05, 0.1) is 21.7 Å². The van der Waals surface area contributed by atoms with Crippen molar-refractivity contribution in [3.8, 4) is 10.6 Å². The molecule has 0 atom stereocenters. The number of hydrogen-bond acceptors (Lipinski definition) is 9. The summed E-state index contributed by atoms with van der Waals surface area (Å²) in [6, 6.07) is 16.5. The molecule has 39 heavy (non-hydrogen) atoms. The number of thiophene rings is 1. The molecule has 4 rings (SSSR count). The summed E-state index contributed by atoms with van der Waals surface area (Å²) >= 11 is 5.50. The molecule has 0 spiro atoms. The number of aromatic nitrogens is 2. The zero-order valence-corrected chi connectivity index (χ0v) is 25.3. The lowest BCUT2D eigenvalue weighted by Crippen LogP contribution is -2.04. The molecular weight excluding hydrogens is 655 g/mol. The molecular formula is C24H18F6N2S7. The highest BCUT2D eigenvalue weighted by Gasteiger charge is 2.31. The Morgan fingerprint density at radius 2 is 1.38 bits per heavy atom. The molecule has 0 N–H and O–H groups in total. The van der Waals surface area contributed by atoms with Gasteiger partial charge in [-0.05, 0) is 71.2 Å². The van der Waals surface area contributed by atoms with Gasteiger partial charge in [0.25, 0.3) is 0 Å². The Morgan fingerprint density at radius 1 is 0.769 bits per heavy atom. The summed E-state index contributed by atoms with van der Waals surface area (Å²) in [6.07, 6.45) is -6.85. The predicted molar refractivity (Wildman–Crippen MR) is 161 cm³/mol. The van der Waals surface area contributed by atoms with E-state index in [4.69, 9.17) is 0 Å². The fourth-order valence-corrected chi connectivity index (χ4v) is 8.21. The van der Waals surface area contributed by atoms with Crippen molar-refractivity contribution in [1.82, 2.24) is 9.97 Å². The van der Waals surface area contributed by atoms with Crippen LogP contribution < -0.4 is 0 Å². The minimum atomic E-state index is -4.31. The molecule has 0 saturated carbocycles. The topological polar surface area (TPSA) is 25.8 Å². The lowest BCUT2D eigenvalue weighted by atomic mass is 10.1. The first-order chi connectivity index (χ1) is 18.6. The highest BCUT2D eigenvalue weighted by atomic mass is 33.5. The molecule has 4 aromatic rings. The molecule has 0 saturated heterocycles. The standard InChI is InChI=1S/C16H11F3N2S4.C8H7F3S3/c17-16(18,19)12-4-1-3-11(9-12)10-23-25-24-15-20-7-6-13(21-15)14-5-2-8-22-14;9-8(10,11)7-3-1-2-6(4-7)5-13-14-12/h1-9H,10H2;1-4,12H,5H2. The number of alkyl halides is 6. The molecule has 0 amide bonds. The maximum atomic E-state index is 12.7. The Balaban J connectivity index is 0.000000255. The van der Waals surface area contributed by atoms with Gasteiger partial charge in [-0.25, -0.2) is 9.97 Å². The van der Waals surface area contributed by atoms with Gasteiger partial charge in [0, 0.05) is 17.7 Å². The first-order valence-corrected chi connectivity index (χ1v) is 18.5. The molecule has 2 aromatic carbocycles. The van der Waals surface area contributed by atoms with Crippen LogP contribution in [0.3, 0.4) is 0 Å². The zero-order valence-electron chi connectivity index (χ0n) is 19.5. The van der Waals surface area contributed by atoms with Crippen LogP contribution in [-0.4, -0.2) is 9.97 Å². The Kier molecular flexibility index (Phi) is 13.1. The number of nitrogens with zero attached hydrogens (tertiary/aromatic N) is 2. The van der Waals surface area contributed by atoms with Crippen molar-refractivity contribution in [2.45, 2.75) is 29.0 Å². The molecule has 0 bridgehead atoms. The SMILES string of the molecule is FC(F)(F)c1cccc(CSSS)c1.FC(F)(F)c1cccc(CSSSc2nccc(-c3cccs3)n2)c1. The van der Waals surface area contributed by atoms with Crippen LogP contribution in [0, 0.1) is 0 Å². The van der Waals surface area contributed by atoms with Gasteiger partial charge in [0.2, 0.25) is 0 Å². The van der Waals surface area contributed by atoms with Gasteiger partial charge in [0.1, 0.15) is 0 Å². The quantitative estimate of drug-likeness (QED) is 0.0621. The van der Waals surface area contributed by atoms with E-state index in [2.05, 4.69) is 21.6 Å². The fourth-order valence-electron chi connectivity index (χ4n) is 2.86. The van der Waals surface area contributed by atoms with E-state index in [-0.39, 0.29) is 0 Å². The fraction of sp³-hybridized carbons (Fsp3) is 0.167. The second kappa shape index (κ2) is 15.8. The van der Waals surface area contributed by atoms with E-state index < -0.39 is 23.5 Å². The first-order valence-electron chi connectivity index (χ1n) is 10.6. The maximum Gasteiger partial charge on any atom is 0.416 e. The molecule has 2 heterocycles. The number of benzene rings is 2. The summed E-state index contributed by atoms with van der Waals surface area (Å²) in [6.45, 7) is 0. The predicted octanol–water partition coefficient (Wildman–Crippen LogP) is 11.2. The van der Waals surface area contributed by atoms with Gasteiger partial charge in [-0.3, -0.25) is 0 Å². The highest BCUT2D eigenvalue weighted by molar-refractivity contribution is 9.09. The van der Waals surface area contributed by atoms with Gasteiger partial charge in [-0.1, -0.05) is 75.7 Å². The smallest absolute Gasteiger partial charge is 0.230 e. The number of hydrogen-bond donors (Lipinski definition) is 1. The van der Waals surface area contributed by atoms with E-state index in [1.54, 1.807) is 29.7 Å². The Hall–Kier alpha value is -1.10. The van der Waals surface area contributed by atoms with E-state index in [0.717, 1.165) is 28.8 Å². The molecule has 15 heteroatoms. The first kappa shape index (κ1) is 32.4. The molecule has 0 aliphatic rings. The van der Waals surface area contributed by atoms with Gasteiger partial charge in [0.15, 0.2) is 5.16 Å². The van der Waals surface area contributed by atoms with Crippen molar-refractivity contribution in [2.75, 3.05) is 0 Å². The van der Waals surface area contributed by atoms with E-state index in [1.807, 2.05) is 23.6 Å². The highest BCUT2D eigenvalue weighted by Crippen LogP contribution is 2.41. The monoisotopic (exact) mass is 672 g/mol. The van der Waals surface area contributed by atoms with E-state index in [0.29, 0.717) is 27.8 Å². The maximum absolute atomic E-state index is 12.7. The molecule has 0 unspecified atom stereocenters. The second-order valence-electron chi connectivity index (χ2n) is 7.35. The average molecular weight is 673 g/mol. The molecule has 208 valence electrons. The van der Waals surface area contributed by atoms with Crippen molar-refractivity contribution >= 4 is 75.0 Å². The van der Waals surface area contributed by atoms with Crippen LogP contribution in [0.2, 0.25) is 0 Å². The van der Waals surface area contributed by atoms with Gasteiger partial charge >= 0.3 is 12.4 Å². The Labute approximate surface area is 250 Å². The number of rotatable bonds is 9. The summed E-state index contributed by atoms with van der Waals surface area (Å²) in [5, 5.41) is 2.62. The summed E-state index contributed by atoms with van der Waals surface area (Å²) in [4.78, 5) is 9.77. The summed E-state index contributed by atoms with van der Waals surface area (Å²) < 4.78 is 74.9. The second-order valence-corrected chi connectivity index (χ2v) is 15.5. The minimum Gasteiger partial charge on any atom is -0.230 e. The summed E-state index contributed by atoms with van der Waals surface area (Å²) in [5.41, 5.74) is 0.957. The van der Waals surface area contributed by atoms with Gasteiger partial charge in [-0.15, -0.1) is 11.3 Å². The van der Waals surface area contributed by atoms with Crippen molar-refractivity contribution in [2.24, 2.45) is 0 Å². The van der Waals surface area contributed by atoms with E-state index >= 15 is 0 Å². The van der Waals surface area contributed by atoms with Crippen LogP contribution in [0.5, 0.6) is 0 Å². The molecule has 0 radical (unpaired) electrons. The van der Waals surface area contributed by atoms with Gasteiger partial charge < -0.3 is 0 Å². The minimum absolute atomic E-state index is 0.478. The van der Waals surface area contributed by atoms with Crippen LogP contribution in [0.1, 0.15) is 22.3 Å². The summed E-state index contributed by atoms with van der Waals surface area (Å²) in [5.74, 6) is 1.00. The summed E-state index contributed by atoms with van der Waals surface area (Å²) in [7, 11) is 6.94. The zero-order chi connectivity index (χ0) is 28.3. The lowest BCUT2D eigenvalue weighted by Gasteiger charge is -2.08. The largest absolute Gasteiger partial charge is 0.416 e. The third kappa shape index (κ3) is 11.4. The molecule has 2 aromatic heterocycles. The van der Waals surface area contributed by atoms with Crippen molar-refractivity contribution in [3.63, 3.8) is 0 Å². The van der Waals surface area contributed by atoms with Crippen LogP contribution in [0.4, 0.5) is 26.3 Å². The van der Waals surface area contributed by atoms with Crippen molar-refractivity contribution < 1.29 is 26.3 Å². The lowest BCUT2D eigenvalue weighted by molar-refractivity contribution is -0.138. The van der Waals surface area contributed by atoms with Crippen LogP contribution in [0.15, 0.2) is 83.5 Å². The Morgan fingerprint density at radius 3 is 1.92 bits per heavy atom. The van der Waals surface area contributed by atoms with Crippen LogP contribution >= 0.6 is 75.0 Å². The van der Waals surface area contributed by atoms with Crippen molar-refractivity contribution in [1.29, 1.82) is 0 Å². The van der Waals surface area contributed by atoms with Crippen molar-refractivity contribution in [3.05, 3.63) is 101 Å². The number of halogens is 6. The normalized spacial score (nSPS) is 11.7. The van der Waals surface area contributed by atoms with Gasteiger partial charge in [-0.2, -0.15) is 26.3 Å². The molecule has 0 aliphatic heterocycles. The van der Waals surface area contributed by atoms with E-state index in [9.17, 15) is 26.3 Å². The third-order valence-electron chi connectivity index (χ3n) is 4.58. The van der Waals surface area contributed by atoms with Crippen LogP contribution in [-0.2, 0) is 23.9 Å². The number of thiol groups is 1. The van der Waals surface area contributed by atoms with E-state index in [1.165, 1.54) is 70.2 Å². The third-order valence-corrected chi connectivity index (χ3v) is 11.4. The molecule has 2 nitrogen and oxygen atoms in total. The molecule has 0 fully saturated rings. The Bertz CT molecular complexity index is 1300. The van der Waals surface area contributed by atoms with Crippen LogP contribution in [0.25, 0.3) is 10.6 Å². The molecule has 0 aliphatic carbocycles. The average Bonchev–Trinajstić information content (AvgIpc) is 3.45.